The number of carbonyl (C=O) groups excluding carboxylic acids is 1. The number of allylic oxidation sites excluding steroid dienone is 2. The van der Waals surface area contributed by atoms with Crippen molar-refractivity contribution >= 4 is 11.9 Å². The van der Waals surface area contributed by atoms with Crippen LogP contribution in [0, 0.1) is 0 Å². The van der Waals surface area contributed by atoms with Crippen molar-refractivity contribution in [2.24, 2.45) is 0 Å². The van der Waals surface area contributed by atoms with Gasteiger partial charge in [-0.3, -0.25) is 4.79 Å². The van der Waals surface area contributed by atoms with Crippen molar-refractivity contribution in [2.45, 2.75) is 13.8 Å². The average molecular weight is 366 g/mol. The van der Waals surface area contributed by atoms with Gasteiger partial charge in [-0.2, -0.15) is 0 Å². The molecule has 2 aromatic carbocycles. The van der Waals surface area contributed by atoms with Crippen LogP contribution in [0.2, 0.25) is 0 Å². The van der Waals surface area contributed by atoms with Crippen LogP contribution in [-0.2, 0) is 0 Å². The van der Waals surface area contributed by atoms with E-state index in [-0.39, 0.29) is 11.5 Å². The number of benzene rings is 2. The highest BCUT2D eigenvalue weighted by atomic mass is 16.5. The molecule has 2 aromatic rings. The van der Waals surface area contributed by atoms with Crippen molar-refractivity contribution in [3.05, 3.63) is 64.9 Å². The molecule has 0 spiro atoms. The molecule has 1 aliphatic rings. The molecule has 5 nitrogen and oxygen atoms in total. The topological polar surface area (TPSA) is 54.0 Å². The Labute approximate surface area is 158 Å². The van der Waals surface area contributed by atoms with E-state index >= 15 is 0 Å². The Morgan fingerprint density at radius 2 is 1.81 bits per heavy atom. The minimum Gasteiger partial charge on any atom is -0.497 e. The minimum absolute atomic E-state index is 0.168. The maximum atomic E-state index is 12.6. The molecule has 0 N–H and O–H groups in total. The van der Waals surface area contributed by atoms with Crippen molar-refractivity contribution < 1.29 is 23.7 Å². The molecular weight excluding hydrogens is 344 g/mol. The van der Waals surface area contributed by atoms with Crippen LogP contribution >= 0.6 is 0 Å². The lowest BCUT2D eigenvalue weighted by Crippen LogP contribution is -1.99. The second kappa shape index (κ2) is 7.99. The second-order valence-electron chi connectivity index (χ2n) is 6.30. The van der Waals surface area contributed by atoms with Gasteiger partial charge in [0.1, 0.15) is 29.6 Å². The van der Waals surface area contributed by atoms with Crippen molar-refractivity contribution in [1.29, 1.82) is 0 Å². The lowest BCUT2D eigenvalue weighted by atomic mass is 10.1. The second-order valence-corrected chi connectivity index (χ2v) is 6.30. The lowest BCUT2D eigenvalue weighted by molar-refractivity contribution is 0.101. The highest BCUT2D eigenvalue weighted by Gasteiger charge is 2.28. The summed E-state index contributed by atoms with van der Waals surface area (Å²) in [7, 11) is 3.16. The van der Waals surface area contributed by atoms with Crippen LogP contribution in [0.5, 0.6) is 23.0 Å². The molecular formula is C22H22O5. The van der Waals surface area contributed by atoms with Crippen molar-refractivity contribution in [1.82, 2.24) is 0 Å². The molecule has 27 heavy (non-hydrogen) atoms. The summed E-state index contributed by atoms with van der Waals surface area (Å²) in [6.07, 6.45) is 3.66. The minimum atomic E-state index is -0.168. The lowest BCUT2D eigenvalue weighted by Gasteiger charge is -2.08. The zero-order valence-electron chi connectivity index (χ0n) is 15.9. The number of Topliss-reactive ketones (excluding diaryl/α,β-unsaturated/α-hetero) is 1. The Balaban J connectivity index is 1.84. The molecule has 0 amide bonds. The molecule has 0 unspecified atom stereocenters. The molecule has 140 valence electrons. The highest BCUT2D eigenvalue weighted by molar-refractivity contribution is 6.14. The predicted octanol–water partition coefficient (Wildman–Crippen LogP) is 4.67. The Bertz CT molecular complexity index is 920. The molecule has 5 heteroatoms. The summed E-state index contributed by atoms with van der Waals surface area (Å²) in [6, 6.07) is 10.6. The summed E-state index contributed by atoms with van der Waals surface area (Å²) in [5.41, 5.74) is 2.43. The van der Waals surface area contributed by atoms with Gasteiger partial charge < -0.3 is 18.9 Å². The molecule has 0 aliphatic carbocycles. The van der Waals surface area contributed by atoms with Crippen molar-refractivity contribution in [3.8, 4) is 23.0 Å². The first-order valence-electron chi connectivity index (χ1n) is 8.58. The number of rotatable bonds is 6. The van der Waals surface area contributed by atoms with E-state index in [2.05, 4.69) is 0 Å². The van der Waals surface area contributed by atoms with Crippen LogP contribution < -0.4 is 18.9 Å². The van der Waals surface area contributed by atoms with Gasteiger partial charge in [-0.25, -0.2) is 0 Å². The number of hydrogen-bond acceptors (Lipinski definition) is 5. The summed E-state index contributed by atoms with van der Waals surface area (Å²) >= 11 is 0. The number of carbonyl (C=O) groups is 1. The van der Waals surface area contributed by atoms with Gasteiger partial charge in [0.05, 0.1) is 19.8 Å². The molecule has 1 heterocycles. The predicted molar refractivity (Wildman–Crippen MR) is 104 cm³/mol. The number of methoxy groups -OCH3 is 2. The van der Waals surface area contributed by atoms with Crippen LogP contribution in [0.1, 0.15) is 29.8 Å². The quantitative estimate of drug-likeness (QED) is 0.549. The first kappa shape index (κ1) is 18.6. The molecule has 1 aliphatic heterocycles. The first-order valence-corrected chi connectivity index (χ1v) is 8.58. The summed E-state index contributed by atoms with van der Waals surface area (Å²) in [5.74, 6) is 2.50. The van der Waals surface area contributed by atoms with Crippen molar-refractivity contribution in [3.63, 3.8) is 0 Å². The zero-order valence-corrected chi connectivity index (χ0v) is 15.9. The van der Waals surface area contributed by atoms with Gasteiger partial charge in [0, 0.05) is 17.7 Å². The normalized spacial score (nSPS) is 13.8. The largest absolute Gasteiger partial charge is 0.497 e. The molecule has 0 radical (unpaired) electrons. The van der Waals surface area contributed by atoms with Crippen LogP contribution in [0.15, 0.2) is 53.8 Å². The number of ether oxygens (including phenoxy) is 4. The standard InChI is InChI=1S/C22H22O5/c1-14(2)9-10-26-17-7-8-18-20(13-17)27-21(22(18)23)11-15-5-6-16(24-3)12-19(15)25-4/h5-9,11-13H,10H2,1-4H3/b21-11-. The monoisotopic (exact) mass is 366 g/mol. The summed E-state index contributed by atoms with van der Waals surface area (Å²) in [4.78, 5) is 12.6. The van der Waals surface area contributed by atoms with E-state index < -0.39 is 0 Å². The molecule has 0 fully saturated rings. The van der Waals surface area contributed by atoms with E-state index in [1.165, 1.54) is 5.57 Å². The molecule has 0 saturated carbocycles. The third kappa shape index (κ3) is 4.14. The fraction of sp³-hybridized carbons (Fsp3) is 0.227. The average Bonchev–Trinajstić information content (AvgIpc) is 2.97. The van der Waals surface area contributed by atoms with Gasteiger partial charge in [0.2, 0.25) is 5.78 Å². The molecule has 0 aromatic heterocycles. The van der Waals surface area contributed by atoms with Gasteiger partial charge in [0.15, 0.2) is 5.76 Å². The van der Waals surface area contributed by atoms with Crippen LogP contribution in [0.3, 0.4) is 0 Å². The van der Waals surface area contributed by atoms with Crippen molar-refractivity contribution in [2.75, 3.05) is 20.8 Å². The zero-order chi connectivity index (χ0) is 19.4. The fourth-order valence-electron chi connectivity index (χ4n) is 2.64. The van der Waals surface area contributed by atoms with Gasteiger partial charge in [0.25, 0.3) is 0 Å². The number of fused-ring (bicyclic) bond motifs is 1. The highest BCUT2D eigenvalue weighted by Crippen LogP contribution is 2.36. The fourth-order valence-corrected chi connectivity index (χ4v) is 2.64. The first-order chi connectivity index (χ1) is 13.0. The van der Waals surface area contributed by atoms with E-state index in [4.69, 9.17) is 18.9 Å². The van der Waals surface area contributed by atoms with Crippen LogP contribution in [-0.4, -0.2) is 26.6 Å². The van der Waals surface area contributed by atoms with E-state index in [0.717, 1.165) is 5.56 Å². The van der Waals surface area contributed by atoms with Gasteiger partial charge in [-0.05, 0) is 50.3 Å². The SMILES string of the molecule is COc1ccc(/C=C2\Oc3cc(OCC=C(C)C)ccc3C2=O)c(OC)c1. The summed E-state index contributed by atoms with van der Waals surface area (Å²) < 4.78 is 22.0. The third-order valence-electron chi connectivity index (χ3n) is 4.11. The summed E-state index contributed by atoms with van der Waals surface area (Å²) in [6.45, 7) is 4.50. The number of hydrogen-bond donors (Lipinski definition) is 0. The number of ketones is 1. The van der Waals surface area contributed by atoms with Gasteiger partial charge in [-0.1, -0.05) is 5.57 Å². The Morgan fingerprint density at radius 3 is 2.52 bits per heavy atom. The molecule has 3 rings (SSSR count). The van der Waals surface area contributed by atoms with E-state index in [9.17, 15) is 4.79 Å². The van der Waals surface area contributed by atoms with Gasteiger partial charge >= 0.3 is 0 Å². The smallest absolute Gasteiger partial charge is 0.231 e. The maximum Gasteiger partial charge on any atom is 0.231 e. The van der Waals surface area contributed by atoms with Crippen LogP contribution in [0.4, 0.5) is 0 Å². The summed E-state index contributed by atoms with van der Waals surface area (Å²) in [5, 5.41) is 0. The maximum absolute atomic E-state index is 12.6. The third-order valence-corrected chi connectivity index (χ3v) is 4.11. The van der Waals surface area contributed by atoms with Gasteiger partial charge in [-0.15, -0.1) is 0 Å². The Hall–Kier alpha value is -3.21. The van der Waals surface area contributed by atoms with Crippen LogP contribution in [0.25, 0.3) is 6.08 Å². The van der Waals surface area contributed by atoms with E-state index in [0.29, 0.717) is 35.2 Å². The van der Waals surface area contributed by atoms with E-state index in [1.807, 2.05) is 26.0 Å². The van der Waals surface area contributed by atoms with E-state index in [1.54, 1.807) is 50.6 Å². The Kier molecular flexibility index (Phi) is 5.50. The molecule has 0 bridgehead atoms. The Morgan fingerprint density at radius 1 is 1.04 bits per heavy atom. The molecule has 0 saturated heterocycles. The molecule has 0 atom stereocenters.